The standard InChI is InChI=1S/C22H23N3O2S2.2ClH/c23-21(24)14-3-6-20-15(9-14)10-18(29-20)11-19(22(26)27)13-1-4-16(5-2-13)28-17-7-8-25-12-17;;/h1-6,9-10,17,19,25H,7-8,11-12H2,(H3,23,24)(H,26,27);2*1H/t17-,19?;;/m0../s1. The molecule has 0 amide bonds. The minimum atomic E-state index is -0.813. The predicted molar refractivity (Wildman–Crippen MR) is 135 cm³/mol. The Labute approximate surface area is 202 Å². The molecule has 0 spiro atoms. The van der Waals surface area contributed by atoms with Gasteiger partial charge in [-0.05, 0) is 66.7 Å². The number of carboxylic acid groups (broad SMARTS) is 1. The molecule has 2 aromatic carbocycles. The summed E-state index contributed by atoms with van der Waals surface area (Å²) in [6.45, 7) is 2.10. The van der Waals surface area contributed by atoms with E-state index in [0.29, 0.717) is 17.2 Å². The molecule has 9 heteroatoms. The Kier molecular flexibility index (Phi) is 9.21. The number of hydrogen-bond donors (Lipinski definition) is 4. The topological polar surface area (TPSA) is 99.2 Å². The van der Waals surface area contributed by atoms with Crippen LogP contribution in [0.4, 0.5) is 0 Å². The quantitative estimate of drug-likeness (QED) is 0.275. The molecule has 0 radical (unpaired) electrons. The molecule has 166 valence electrons. The van der Waals surface area contributed by atoms with Crippen molar-refractivity contribution >= 4 is 69.8 Å². The summed E-state index contributed by atoms with van der Waals surface area (Å²) in [6, 6.07) is 15.7. The third-order valence-corrected chi connectivity index (χ3v) is 7.60. The maximum atomic E-state index is 12.0. The smallest absolute Gasteiger partial charge is 0.311 e. The van der Waals surface area contributed by atoms with Gasteiger partial charge in [0.1, 0.15) is 5.84 Å². The van der Waals surface area contributed by atoms with Crippen LogP contribution in [0.3, 0.4) is 0 Å². The van der Waals surface area contributed by atoms with Gasteiger partial charge in [-0.1, -0.05) is 12.1 Å². The third kappa shape index (κ3) is 6.14. The molecule has 2 heterocycles. The number of nitrogens with one attached hydrogen (secondary N) is 2. The van der Waals surface area contributed by atoms with Crippen LogP contribution in [0.5, 0.6) is 0 Å². The summed E-state index contributed by atoms with van der Waals surface area (Å²) in [7, 11) is 0. The van der Waals surface area contributed by atoms with Gasteiger partial charge >= 0.3 is 5.97 Å². The molecule has 3 aromatic rings. The highest BCUT2D eigenvalue weighted by atomic mass is 35.5. The monoisotopic (exact) mass is 497 g/mol. The van der Waals surface area contributed by atoms with Crippen LogP contribution in [0.15, 0.2) is 53.4 Å². The number of fused-ring (bicyclic) bond motifs is 1. The van der Waals surface area contributed by atoms with E-state index in [2.05, 4.69) is 5.32 Å². The highest BCUT2D eigenvalue weighted by Crippen LogP contribution is 2.33. The van der Waals surface area contributed by atoms with Crippen molar-refractivity contribution < 1.29 is 9.90 Å². The number of halogens is 2. The van der Waals surface area contributed by atoms with Crippen LogP contribution in [0.2, 0.25) is 0 Å². The molecule has 1 saturated heterocycles. The first-order valence-electron chi connectivity index (χ1n) is 9.56. The van der Waals surface area contributed by atoms with Gasteiger partial charge in [0.25, 0.3) is 0 Å². The van der Waals surface area contributed by atoms with Crippen molar-refractivity contribution in [1.29, 1.82) is 5.41 Å². The first kappa shape index (κ1) is 25.5. The molecule has 5 N–H and O–H groups in total. The third-order valence-electron chi connectivity index (χ3n) is 5.18. The zero-order valence-corrected chi connectivity index (χ0v) is 19.9. The van der Waals surface area contributed by atoms with Crippen molar-refractivity contribution in [2.75, 3.05) is 13.1 Å². The first-order chi connectivity index (χ1) is 14.0. The molecule has 0 saturated carbocycles. The second-order valence-corrected chi connectivity index (χ2v) is 9.82. The number of nitrogens with two attached hydrogens (primary N) is 1. The van der Waals surface area contributed by atoms with Gasteiger partial charge in [0.05, 0.1) is 5.92 Å². The average molecular weight is 499 g/mol. The fourth-order valence-corrected chi connectivity index (χ4v) is 5.82. The molecule has 0 aliphatic carbocycles. The number of carboxylic acids is 1. The van der Waals surface area contributed by atoms with Crippen LogP contribution in [0.1, 0.15) is 28.3 Å². The Bertz CT molecular complexity index is 1050. The Balaban J connectivity index is 0.00000171. The van der Waals surface area contributed by atoms with Crippen LogP contribution in [-0.2, 0) is 11.2 Å². The fourth-order valence-electron chi connectivity index (χ4n) is 3.62. The number of carbonyl (C=O) groups is 1. The summed E-state index contributed by atoms with van der Waals surface area (Å²) in [4.78, 5) is 14.2. The Morgan fingerprint density at radius 1 is 1.23 bits per heavy atom. The highest BCUT2D eigenvalue weighted by molar-refractivity contribution is 8.00. The largest absolute Gasteiger partial charge is 0.481 e. The summed E-state index contributed by atoms with van der Waals surface area (Å²) >= 11 is 3.45. The van der Waals surface area contributed by atoms with Crippen molar-refractivity contribution in [2.45, 2.75) is 28.9 Å². The Hall–Kier alpha value is -1.77. The molecule has 1 aliphatic heterocycles. The maximum absolute atomic E-state index is 12.0. The van der Waals surface area contributed by atoms with Crippen LogP contribution >= 0.6 is 47.9 Å². The summed E-state index contributed by atoms with van der Waals surface area (Å²) in [6.07, 6.45) is 1.62. The molecular weight excluding hydrogens is 473 g/mol. The zero-order valence-electron chi connectivity index (χ0n) is 16.7. The number of aliphatic carboxylic acids is 1. The van der Waals surface area contributed by atoms with E-state index >= 15 is 0 Å². The minimum absolute atomic E-state index is 0. The van der Waals surface area contributed by atoms with Crippen molar-refractivity contribution in [3.63, 3.8) is 0 Å². The second-order valence-electron chi connectivity index (χ2n) is 7.28. The van der Waals surface area contributed by atoms with Crippen molar-refractivity contribution in [2.24, 2.45) is 5.73 Å². The van der Waals surface area contributed by atoms with Gasteiger partial charge < -0.3 is 16.2 Å². The number of thiophene rings is 1. The van der Waals surface area contributed by atoms with E-state index in [0.717, 1.165) is 33.6 Å². The number of hydrogen-bond acceptors (Lipinski definition) is 5. The van der Waals surface area contributed by atoms with Gasteiger partial charge in [-0.25, -0.2) is 0 Å². The number of thioether (sulfide) groups is 1. The van der Waals surface area contributed by atoms with Gasteiger partial charge in [-0.15, -0.1) is 47.9 Å². The van der Waals surface area contributed by atoms with E-state index in [1.54, 1.807) is 11.3 Å². The second kappa shape index (κ2) is 11.2. The van der Waals surface area contributed by atoms with Gasteiger partial charge in [0.15, 0.2) is 0 Å². The molecule has 5 nitrogen and oxygen atoms in total. The normalized spacial score (nSPS) is 16.3. The lowest BCUT2D eigenvalue weighted by Gasteiger charge is -2.13. The van der Waals surface area contributed by atoms with Gasteiger partial charge in [0.2, 0.25) is 0 Å². The molecule has 1 fully saturated rings. The van der Waals surface area contributed by atoms with E-state index < -0.39 is 11.9 Å². The Morgan fingerprint density at radius 3 is 2.58 bits per heavy atom. The van der Waals surface area contributed by atoms with Gasteiger partial charge in [0, 0.05) is 31.8 Å². The van der Waals surface area contributed by atoms with Gasteiger partial charge in [-0.2, -0.15) is 0 Å². The van der Waals surface area contributed by atoms with Crippen LogP contribution < -0.4 is 11.1 Å². The lowest BCUT2D eigenvalue weighted by molar-refractivity contribution is -0.138. The summed E-state index contributed by atoms with van der Waals surface area (Å²) in [5.74, 6) is -1.36. The minimum Gasteiger partial charge on any atom is -0.481 e. The molecule has 31 heavy (non-hydrogen) atoms. The van der Waals surface area contributed by atoms with Gasteiger partial charge in [-0.3, -0.25) is 10.2 Å². The van der Waals surface area contributed by atoms with E-state index in [1.165, 1.54) is 11.3 Å². The number of amidine groups is 1. The molecular formula is C22H25Cl2N3O2S2. The van der Waals surface area contributed by atoms with Crippen molar-refractivity contribution in [1.82, 2.24) is 5.32 Å². The first-order valence-corrected chi connectivity index (χ1v) is 11.3. The molecule has 4 rings (SSSR count). The summed E-state index contributed by atoms with van der Waals surface area (Å²) in [5.41, 5.74) is 7.08. The van der Waals surface area contributed by atoms with E-state index in [-0.39, 0.29) is 30.6 Å². The summed E-state index contributed by atoms with van der Waals surface area (Å²) in [5, 5.41) is 22.4. The molecule has 1 unspecified atom stereocenters. The van der Waals surface area contributed by atoms with E-state index in [1.807, 2.05) is 60.3 Å². The lowest BCUT2D eigenvalue weighted by atomic mass is 9.95. The molecule has 0 bridgehead atoms. The maximum Gasteiger partial charge on any atom is 0.311 e. The van der Waals surface area contributed by atoms with E-state index in [4.69, 9.17) is 11.1 Å². The van der Waals surface area contributed by atoms with Crippen molar-refractivity contribution in [3.8, 4) is 0 Å². The predicted octanol–water partition coefficient (Wildman–Crippen LogP) is 4.89. The fraction of sp³-hybridized carbons (Fsp3) is 0.273. The van der Waals surface area contributed by atoms with E-state index in [9.17, 15) is 9.90 Å². The molecule has 1 aromatic heterocycles. The number of rotatable bonds is 7. The molecule has 1 aliphatic rings. The summed E-state index contributed by atoms with van der Waals surface area (Å²) < 4.78 is 1.08. The zero-order chi connectivity index (χ0) is 20.4. The van der Waals surface area contributed by atoms with Crippen molar-refractivity contribution in [3.05, 3.63) is 64.5 Å². The number of nitrogen functional groups attached to an aromatic ring is 1. The number of benzene rings is 2. The van der Waals surface area contributed by atoms with Crippen LogP contribution in [0, 0.1) is 5.41 Å². The Morgan fingerprint density at radius 2 is 1.97 bits per heavy atom. The highest BCUT2D eigenvalue weighted by Gasteiger charge is 2.22. The molecule has 2 atom stereocenters. The lowest BCUT2D eigenvalue weighted by Crippen LogP contribution is -2.14. The SMILES string of the molecule is Cl.Cl.N=C(N)c1ccc2sc(CC(C(=O)O)c3ccc(S[C@H]4CCNC4)cc3)cc2c1. The average Bonchev–Trinajstić information content (AvgIpc) is 3.35. The van der Waals surface area contributed by atoms with Crippen LogP contribution in [0.25, 0.3) is 10.1 Å². The van der Waals surface area contributed by atoms with Crippen LogP contribution in [-0.4, -0.2) is 35.3 Å².